The van der Waals surface area contributed by atoms with Gasteiger partial charge in [-0.3, -0.25) is 4.79 Å². The summed E-state index contributed by atoms with van der Waals surface area (Å²) in [5.74, 6) is -0.0969. The summed E-state index contributed by atoms with van der Waals surface area (Å²) in [4.78, 5) is 14.0. The number of halogens is 1. The number of hydrogen-bond donors (Lipinski definition) is 2. The number of benzene rings is 1. The van der Waals surface area contributed by atoms with Crippen LogP contribution in [0, 0.1) is 6.92 Å². The number of rotatable bonds is 2. The van der Waals surface area contributed by atoms with Crippen molar-refractivity contribution >= 4 is 23.2 Å². The Morgan fingerprint density at radius 1 is 1.56 bits per heavy atom. The van der Waals surface area contributed by atoms with Crippen molar-refractivity contribution < 1.29 is 9.90 Å². The summed E-state index contributed by atoms with van der Waals surface area (Å²) in [6.07, 6.45) is 0.855. The van der Waals surface area contributed by atoms with Crippen LogP contribution in [0.15, 0.2) is 18.2 Å². The van der Waals surface area contributed by atoms with Gasteiger partial charge in [0.25, 0.3) is 0 Å². The van der Waals surface area contributed by atoms with Crippen LogP contribution in [0.1, 0.15) is 12.0 Å². The van der Waals surface area contributed by atoms with Gasteiger partial charge in [-0.15, -0.1) is 0 Å². The van der Waals surface area contributed by atoms with Crippen molar-refractivity contribution in [1.82, 2.24) is 5.32 Å². The van der Waals surface area contributed by atoms with Crippen molar-refractivity contribution in [2.75, 3.05) is 24.6 Å². The second-order valence-electron chi connectivity index (χ2n) is 4.42. The first-order valence-electron chi connectivity index (χ1n) is 6.06. The number of aliphatic hydroxyl groups excluding tert-OH is 1. The minimum absolute atomic E-state index is 0.0969. The predicted octanol–water partition coefficient (Wildman–Crippen LogP) is 1.34. The third kappa shape index (κ3) is 2.51. The third-order valence-corrected chi connectivity index (χ3v) is 3.64. The van der Waals surface area contributed by atoms with E-state index >= 15 is 0 Å². The lowest BCUT2D eigenvalue weighted by molar-refractivity contribution is -0.121. The minimum Gasteiger partial charge on any atom is -0.394 e. The van der Waals surface area contributed by atoms with E-state index < -0.39 is 6.04 Å². The number of carbonyl (C=O) groups is 1. The molecular formula is C13H17ClN2O2. The predicted molar refractivity (Wildman–Crippen MR) is 72.0 cm³/mol. The van der Waals surface area contributed by atoms with E-state index in [-0.39, 0.29) is 12.5 Å². The zero-order valence-corrected chi connectivity index (χ0v) is 11.1. The number of carbonyl (C=O) groups excluding carboxylic acids is 1. The van der Waals surface area contributed by atoms with Crippen LogP contribution in [0.5, 0.6) is 0 Å². The molecule has 98 valence electrons. The molecule has 1 atom stereocenters. The molecule has 1 aliphatic rings. The molecule has 1 unspecified atom stereocenters. The van der Waals surface area contributed by atoms with E-state index in [0.29, 0.717) is 11.6 Å². The number of hydrogen-bond acceptors (Lipinski definition) is 3. The van der Waals surface area contributed by atoms with Gasteiger partial charge in [0.2, 0.25) is 5.91 Å². The molecular weight excluding hydrogens is 252 g/mol. The number of nitrogens with zero attached hydrogens (tertiary/aromatic N) is 1. The van der Waals surface area contributed by atoms with Gasteiger partial charge < -0.3 is 15.3 Å². The van der Waals surface area contributed by atoms with Crippen molar-refractivity contribution in [2.45, 2.75) is 19.4 Å². The van der Waals surface area contributed by atoms with E-state index in [2.05, 4.69) is 5.32 Å². The lowest BCUT2D eigenvalue weighted by atomic mass is 10.1. The summed E-state index contributed by atoms with van der Waals surface area (Å²) < 4.78 is 0. The van der Waals surface area contributed by atoms with Crippen LogP contribution in [0.4, 0.5) is 5.69 Å². The molecule has 1 saturated heterocycles. The number of anilines is 1. The quantitative estimate of drug-likeness (QED) is 0.851. The lowest BCUT2D eigenvalue weighted by Crippen LogP contribution is -2.46. The van der Waals surface area contributed by atoms with Crippen LogP contribution >= 0.6 is 11.6 Å². The fraction of sp³-hybridized carbons (Fsp3) is 0.462. The first-order valence-corrected chi connectivity index (χ1v) is 6.43. The molecule has 0 bridgehead atoms. The Labute approximate surface area is 112 Å². The molecule has 1 amide bonds. The van der Waals surface area contributed by atoms with Crippen LogP contribution in [0.25, 0.3) is 0 Å². The third-order valence-electron chi connectivity index (χ3n) is 3.23. The molecule has 1 aromatic rings. The Morgan fingerprint density at radius 3 is 3.06 bits per heavy atom. The van der Waals surface area contributed by atoms with Gasteiger partial charge in [0, 0.05) is 17.3 Å². The molecule has 2 rings (SSSR count). The van der Waals surface area contributed by atoms with Crippen LogP contribution in [-0.4, -0.2) is 36.8 Å². The van der Waals surface area contributed by atoms with E-state index in [0.717, 1.165) is 24.2 Å². The monoisotopic (exact) mass is 268 g/mol. The maximum atomic E-state index is 12.3. The zero-order valence-electron chi connectivity index (χ0n) is 10.3. The topological polar surface area (TPSA) is 52.6 Å². The average Bonchev–Trinajstić information content (AvgIpc) is 2.55. The first kappa shape index (κ1) is 13.3. The number of aliphatic hydroxyl groups is 1. The number of nitrogens with one attached hydrogen (secondary N) is 1. The van der Waals surface area contributed by atoms with Gasteiger partial charge in [-0.2, -0.15) is 0 Å². The highest BCUT2D eigenvalue weighted by Gasteiger charge is 2.27. The fourth-order valence-corrected chi connectivity index (χ4v) is 2.34. The van der Waals surface area contributed by atoms with E-state index in [9.17, 15) is 9.90 Å². The molecule has 0 saturated carbocycles. The van der Waals surface area contributed by atoms with Crippen molar-refractivity contribution in [3.05, 3.63) is 28.8 Å². The molecule has 18 heavy (non-hydrogen) atoms. The number of amides is 1. The average molecular weight is 269 g/mol. The second kappa shape index (κ2) is 5.69. The Bertz CT molecular complexity index is 451. The maximum Gasteiger partial charge on any atom is 0.246 e. The summed E-state index contributed by atoms with van der Waals surface area (Å²) in [5, 5.41) is 12.9. The van der Waals surface area contributed by atoms with Crippen LogP contribution in [0.3, 0.4) is 0 Å². The van der Waals surface area contributed by atoms with Crippen molar-refractivity contribution in [3.63, 3.8) is 0 Å². The zero-order chi connectivity index (χ0) is 13.1. The Morgan fingerprint density at radius 2 is 2.33 bits per heavy atom. The van der Waals surface area contributed by atoms with Gasteiger partial charge in [-0.05, 0) is 37.6 Å². The van der Waals surface area contributed by atoms with E-state index in [1.54, 1.807) is 4.90 Å². The SMILES string of the molecule is Cc1c(Cl)cccc1N1CCCNC(CO)C1=O. The highest BCUT2D eigenvalue weighted by Crippen LogP contribution is 2.27. The Balaban J connectivity index is 2.35. The summed E-state index contributed by atoms with van der Waals surface area (Å²) in [5.41, 5.74) is 1.72. The normalized spacial score (nSPS) is 20.9. The van der Waals surface area contributed by atoms with Crippen molar-refractivity contribution in [3.8, 4) is 0 Å². The van der Waals surface area contributed by atoms with Crippen molar-refractivity contribution in [2.24, 2.45) is 0 Å². The van der Waals surface area contributed by atoms with Crippen molar-refractivity contribution in [1.29, 1.82) is 0 Å². The van der Waals surface area contributed by atoms with Gasteiger partial charge in [0.05, 0.1) is 6.61 Å². The molecule has 4 nitrogen and oxygen atoms in total. The Kier molecular flexibility index (Phi) is 4.22. The van der Waals surface area contributed by atoms with Gasteiger partial charge in [-0.25, -0.2) is 0 Å². The molecule has 2 N–H and O–H groups in total. The molecule has 0 spiro atoms. The first-order chi connectivity index (χ1) is 8.65. The van der Waals surface area contributed by atoms with Gasteiger partial charge >= 0.3 is 0 Å². The summed E-state index contributed by atoms with van der Waals surface area (Å²) in [6.45, 7) is 3.09. The second-order valence-corrected chi connectivity index (χ2v) is 4.82. The fourth-order valence-electron chi connectivity index (χ4n) is 2.17. The Hall–Kier alpha value is -1.10. The summed E-state index contributed by atoms with van der Waals surface area (Å²) >= 11 is 6.09. The molecule has 1 heterocycles. The molecule has 0 aromatic heterocycles. The minimum atomic E-state index is -0.522. The molecule has 0 radical (unpaired) electrons. The van der Waals surface area contributed by atoms with E-state index in [1.807, 2.05) is 25.1 Å². The highest BCUT2D eigenvalue weighted by atomic mass is 35.5. The molecule has 1 aromatic carbocycles. The largest absolute Gasteiger partial charge is 0.394 e. The summed E-state index contributed by atoms with van der Waals surface area (Å²) in [7, 11) is 0. The van der Waals surface area contributed by atoms with Crippen LogP contribution in [-0.2, 0) is 4.79 Å². The van der Waals surface area contributed by atoms with Gasteiger partial charge in [0.15, 0.2) is 0 Å². The van der Waals surface area contributed by atoms with Crippen LogP contribution < -0.4 is 10.2 Å². The molecule has 1 aliphatic heterocycles. The lowest BCUT2D eigenvalue weighted by Gasteiger charge is -2.25. The molecule has 5 heteroatoms. The summed E-state index contributed by atoms with van der Waals surface area (Å²) in [6, 6.07) is 5.01. The van der Waals surface area contributed by atoms with Gasteiger partial charge in [-0.1, -0.05) is 17.7 Å². The van der Waals surface area contributed by atoms with Gasteiger partial charge in [0.1, 0.15) is 6.04 Å². The smallest absolute Gasteiger partial charge is 0.246 e. The standard InChI is InChI=1S/C13H17ClN2O2/c1-9-10(14)4-2-5-12(9)16-7-3-6-15-11(8-17)13(16)18/h2,4-5,11,15,17H,3,6-8H2,1H3. The molecule has 1 fully saturated rings. The maximum absolute atomic E-state index is 12.3. The van der Waals surface area contributed by atoms with E-state index in [4.69, 9.17) is 11.6 Å². The molecule has 0 aliphatic carbocycles. The highest BCUT2D eigenvalue weighted by molar-refractivity contribution is 6.31. The van der Waals surface area contributed by atoms with E-state index in [1.165, 1.54) is 0 Å². The van der Waals surface area contributed by atoms with Crippen LogP contribution in [0.2, 0.25) is 5.02 Å².